The molecule has 2 aromatic rings. The standard InChI is InChI=1S/C14H18FN3S/c1-8-4-5-12(15)11(6-8)13(18-16)7-14-17-9(2)10(3)19-14/h4-6,13,18H,7,16H2,1-3H3. The van der Waals surface area contributed by atoms with Crippen molar-refractivity contribution in [3.8, 4) is 0 Å². The molecular weight excluding hydrogens is 261 g/mol. The van der Waals surface area contributed by atoms with Crippen molar-refractivity contribution in [2.75, 3.05) is 0 Å². The van der Waals surface area contributed by atoms with E-state index >= 15 is 0 Å². The lowest BCUT2D eigenvalue weighted by Gasteiger charge is -2.16. The molecule has 0 fully saturated rings. The second-order valence-corrected chi connectivity index (χ2v) is 5.99. The van der Waals surface area contributed by atoms with Crippen LogP contribution in [0.2, 0.25) is 0 Å². The third-order valence-electron chi connectivity index (χ3n) is 3.18. The summed E-state index contributed by atoms with van der Waals surface area (Å²) in [6, 6.07) is 4.80. The molecule has 0 aliphatic rings. The molecule has 1 unspecified atom stereocenters. The number of hydrogen-bond acceptors (Lipinski definition) is 4. The van der Waals surface area contributed by atoms with Gasteiger partial charge < -0.3 is 0 Å². The zero-order valence-electron chi connectivity index (χ0n) is 11.3. The molecule has 0 saturated carbocycles. The van der Waals surface area contributed by atoms with Gasteiger partial charge in [-0.2, -0.15) is 0 Å². The van der Waals surface area contributed by atoms with Crippen molar-refractivity contribution in [3.05, 3.63) is 50.7 Å². The minimum Gasteiger partial charge on any atom is -0.271 e. The van der Waals surface area contributed by atoms with Crippen molar-refractivity contribution < 1.29 is 4.39 Å². The number of rotatable bonds is 4. The topological polar surface area (TPSA) is 50.9 Å². The molecular formula is C14H18FN3S. The summed E-state index contributed by atoms with van der Waals surface area (Å²) in [6.07, 6.45) is 0.593. The number of aryl methyl sites for hydroxylation is 3. The molecule has 3 N–H and O–H groups in total. The van der Waals surface area contributed by atoms with Crippen molar-refractivity contribution in [2.24, 2.45) is 5.84 Å². The Kier molecular flexibility index (Phi) is 4.29. The average Bonchev–Trinajstić information content (AvgIpc) is 2.69. The van der Waals surface area contributed by atoms with E-state index in [9.17, 15) is 4.39 Å². The van der Waals surface area contributed by atoms with E-state index in [1.54, 1.807) is 17.4 Å². The molecule has 0 saturated heterocycles. The van der Waals surface area contributed by atoms with E-state index < -0.39 is 0 Å². The van der Waals surface area contributed by atoms with Crippen LogP contribution >= 0.6 is 11.3 Å². The number of hydrogen-bond donors (Lipinski definition) is 2. The Bertz CT molecular complexity index is 561. The smallest absolute Gasteiger partial charge is 0.128 e. The van der Waals surface area contributed by atoms with Crippen LogP contribution in [0.5, 0.6) is 0 Å². The van der Waals surface area contributed by atoms with E-state index in [2.05, 4.69) is 10.4 Å². The van der Waals surface area contributed by atoms with Gasteiger partial charge in [-0.1, -0.05) is 17.7 Å². The van der Waals surface area contributed by atoms with Gasteiger partial charge in [0, 0.05) is 16.9 Å². The van der Waals surface area contributed by atoms with E-state index in [-0.39, 0.29) is 11.9 Å². The summed E-state index contributed by atoms with van der Waals surface area (Å²) in [5.74, 6) is 5.34. The van der Waals surface area contributed by atoms with Crippen LogP contribution in [0.3, 0.4) is 0 Å². The second kappa shape index (κ2) is 5.77. The summed E-state index contributed by atoms with van der Waals surface area (Å²) in [5, 5.41) is 0.971. The molecule has 102 valence electrons. The first-order valence-corrected chi connectivity index (χ1v) is 6.98. The summed E-state index contributed by atoms with van der Waals surface area (Å²) in [6.45, 7) is 5.95. The lowest BCUT2D eigenvalue weighted by molar-refractivity contribution is 0.509. The maximum Gasteiger partial charge on any atom is 0.128 e. The molecule has 0 aliphatic carbocycles. The molecule has 1 atom stereocenters. The first-order valence-electron chi connectivity index (χ1n) is 6.16. The van der Waals surface area contributed by atoms with E-state index in [1.165, 1.54) is 10.9 Å². The fraction of sp³-hybridized carbons (Fsp3) is 0.357. The Hall–Kier alpha value is -1.30. The molecule has 2 rings (SSSR count). The summed E-state index contributed by atoms with van der Waals surface area (Å²) in [4.78, 5) is 5.67. The number of nitrogens with one attached hydrogen (secondary N) is 1. The molecule has 3 nitrogen and oxygen atoms in total. The molecule has 1 aromatic carbocycles. The van der Waals surface area contributed by atoms with Crippen LogP contribution in [0, 0.1) is 26.6 Å². The van der Waals surface area contributed by atoms with Crippen molar-refractivity contribution in [1.82, 2.24) is 10.4 Å². The maximum absolute atomic E-state index is 13.9. The fourth-order valence-corrected chi connectivity index (χ4v) is 2.97. The average molecular weight is 279 g/mol. The molecule has 0 aliphatic heterocycles. The van der Waals surface area contributed by atoms with E-state index in [4.69, 9.17) is 5.84 Å². The van der Waals surface area contributed by atoms with E-state index in [1.807, 2.05) is 26.8 Å². The Morgan fingerprint density at radius 2 is 2.11 bits per heavy atom. The van der Waals surface area contributed by atoms with Gasteiger partial charge in [-0.25, -0.2) is 9.37 Å². The number of thiazole rings is 1. The van der Waals surface area contributed by atoms with Gasteiger partial charge in [-0.05, 0) is 26.8 Å². The number of benzene rings is 1. The Labute approximate surface area is 116 Å². The number of hydrazine groups is 1. The largest absolute Gasteiger partial charge is 0.271 e. The molecule has 5 heteroatoms. The van der Waals surface area contributed by atoms with E-state index in [0.29, 0.717) is 12.0 Å². The highest BCUT2D eigenvalue weighted by Crippen LogP contribution is 2.25. The van der Waals surface area contributed by atoms with Crippen molar-refractivity contribution in [2.45, 2.75) is 33.2 Å². The zero-order chi connectivity index (χ0) is 14.0. The molecule has 0 amide bonds. The van der Waals surface area contributed by atoms with Gasteiger partial charge in [0.2, 0.25) is 0 Å². The van der Waals surface area contributed by atoms with Crippen LogP contribution in [-0.4, -0.2) is 4.98 Å². The van der Waals surface area contributed by atoms with Crippen LogP contribution in [0.4, 0.5) is 4.39 Å². The Balaban J connectivity index is 2.27. The second-order valence-electron chi connectivity index (χ2n) is 4.70. The van der Waals surface area contributed by atoms with Gasteiger partial charge in [-0.15, -0.1) is 11.3 Å². The predicted octanol–water partition coefficient (Wildman–Crippen LogP) is 2.95. The molecule has 0 bridgehead atoms. The van der Waals surface area contributed by atoms with Crippen LogP contribution < -0.4 is 11.3 Å². The van der Waals surface area contributed by atoms with Gasteiger partial charge in [-0.3, -0.25) is 11.3 Å². The monoisotopic (exact) mass is 279 g/mol. The molecule has 1 heterocycles. The first-order chi connectivity index (χ1) is 9.01. The number of nitrogens with zero attached hydrogens (tertiary/aromatic N) is 1. The lowest BCUT2D eigenvalue weighted by atomic mass is 10.0. The van der Waals surface area contributed by atoms with E-state index in [0.717, 1.165) is 16.3 Å². The zero-order valence-corrected chi connectivity index (χ0v) is 12.1. The highest BCUT2D eigenvalue weighted by molar-refractivity contribution is 7.11. The van der Waals surface area contributed by atoms with Gasteiger partial charge in [0.05, 0.1) is 16.7 Å². The third-order valence-corrected chi connectivity index (χ3v) is 4.27. The SMILES string of the molecule is Cc1ccc(F)c(C(Cc2nc(C)c(C)s2)NN)c1. The summed E-state index contributed by atoms with van der Waals surface area (Å²) >= 11 is 1.63. The minimum atomic E-state index is -0.259. The molecule has 19 heavy (non-hydrogen) atoms. The van der Waals surface area contributed by atoms with Crippen molar-refractivity contribution in [1.29, 1.82) is 0 Å². The van der Waals surface area contributed by atoms with Crippen molar-refractivity contribution in [3.63, 3.8) is 0 Å². The first kappa shape index (κ1) is 14.1. The summed E-state index contributed by atoms with van der Waals surface area (Å²) in [5.41, 5.74) is 5.33. The lowest BCUT2D eigenvalue weighted by Crippen LogP contribution is -2.30. The van der Waals surface area contributed by atoms with Gasteiger partial charge in [0.1, 0.15) is 5.82 Å². The van der Waals surface area contributed by atoms with Crippen LogP contribution in [0.25, 0.3) is 0 Å². The summed E-state index contributed by atoms with van der Waals surface area (Å²) in [7, 11) is 0. The van der Waals surface area contributed by atoms with Crippen LogP contribution in [-0.2, 0) is 6.42 Å². The fourth-order valence-electron chi connectivity index (χ4n) is 1.99. The molecule has 0 radical (unpaired) electrons. The van der Waals surface area contributed by atoms with Crippen LogP contribution in [0.15, 0.2) is 18.2 Å². The highest BCUT2D eigenvalue weighted by Gasteiger charge is 2.17. The van der Waals surface area contributed by atoms with Gasteiger partial charge in [0.25, 0.3) is 0 Å². The summed E-state index contributed by atoms with van der Waals surface area (Å²) < 4.78 is 13.9. The normalized spacial score (nSPS) is 12.7. The number of nitrogens with two attached hydrogens (primary N) is 1. The van der Waals surface area contributed by atoms with Crippen LogP contribution in [0.1, 0.15) is 32.7 Å². The maximum atomic E-state index is 13.9. The van der Waals surface area contributed by atoms with Crippen molar-refractivity contribution >= 4 is 11.3 Å². The Morgan fingerprint density at radius 3 is 2.68 bits per heavy atom. The third kappa shape index (κ3) is 3.18. The quantitative estimate of drug-likeness (QED) is 0.668. The number of aromatic nitrogens is 1. The number of halogens is 1. The van der Waals surface area contributed by atoms with Gasteiger partial charge in [0.15, 0.2) is 0 Å². The molecule has 0 spiro atoms. The predicted molar refractivity (Wildman–Crippen MR) is 76.5 cm³/mol. The highest BCUT2D eigenvalue weighted by atomic mass is 32.1. The van der Waals surface area contributed by atoms with Gasteiger partial charge >= 0.3 is 0 Å². The molecule has 1 aromatic heterocycles. The Morgan fingerprint density at radius 1 is 1.37 bits per heavy atom. The minimum absolute atomic E-state index is 0.237.